The van der Waals surface area contributed by atoms with E-state index in [0.717, 1.165) is 42.6 Å². The summed E-state index contributed by atoms with van der Waals surface area (Å²) in [6.45, 7) is 3.57. The molecule has 2 aromatic rings. The smallest absolute Gasteiger partial charge is 0.297 e. The zero-order chi connectivity index (χ0) is 13.9. The third kappa shape index (κ3) is 2.86. The molecule has 0 unspecified atom stereocenters. The Morgan fingerprint density at radius 1 is 1.15 bits per heavy atom. The SMILES string of the molecule is ClCc1coc(N2CCN(c3cccc(Cl)c3)CC2)n1. The van der Waals surface area contributed by atoms with Gasteiger partial charge in [0.15, 0.2) is 0 Å². The van der Waals surface area contributed by atoms with Crippen molar-refractivity contribution in [3.8, 4) is 0 Å². The number of nitrogens with zero attached hydrogens (tertiary/aromatic N) is 3. The van der Waals surface area contributed by atoms with Crippen LogP contribution in [0.3, 0.4) is 0 Å². The first-order valence-electron chi connectivity index (χ1n) is 6.52. The van der Waals surface area contributed by atoms with Gasteiger partial charge in [0, 0.05) is 36.9 Å². The van der Waals surface area contributed by atoms with Crippen LogP contribution in [0.2, 0.25) is 5.02 Å². The maximum Gasteiger partial charge on any atom is 0.297 e. The second-order valence-electron chi connectivity index (χ2n) is 4.71. The first-order chi connectivity index (χ1) is 9.76. The van der Waals surface area contributed by atoms with Crippen LogP contribution in [-0.4, -0.2) is 31.2 Å². The Hall–Kier alpha value is -1.39. The van der Waals surface area contributed by atoms with Crippen LogP contribution in [0, 0.1) is 0 Å². The third-order valence-electron chi connectivity index (χ3n) is 3.40. The summed E-state index contributed by atoms with van der Waals surface area (Å²) in [5, 5.41) is 0.768. The monoisotopic (exact) mass is 311 g/mol. The molecule has 1 aliphatic rings. The predicted octanol–water partition coefficient (Wildman–Crippen LogP) is 3.39. The highest BCUT2D eigenvalue weighted by molar-refractivity contribution is 6.30. The molecule has 0 atom stereocenters. The van der Waals surface area contributed by atoms with Gasteiger partial charge < -0.3 is 14.2 Å². The van der Waals surface area contributed by atoms with Crippen LogP contribution in [0.1, 0.15) is 5.69 Å². The molecule has 0 amide bonds. The quantitative estimate of drug-likeness (QED) is 0.813. The molecule has 0 saturated carbocycles. The molecule has 1 aliphatic heterocycles. The van der Waals surface area contributed by atoms with E-state index in [0.29, 0.717) is 11.9 Å². The van der Waals surface area contributed by atoms with Crippen molar-refractivity contribution in [3.05, 3.63) is 41.2 Å². The van der Waals surface area contributed by atoms with E-state index < -0.39 is 0 Å². The highest BCUT2D eigenvalue weighted by Gasteiger charge is 2.20. The molecule has 106 valence electrons. The lowest BCUT2D eigenvalue weighted by molar-refractivity contribution is 0.516. The average Bonchev–Trinajstić information content (AvgIpc) is 2.96. The Bertz CT molecular complexity index is 579. The summed E-state index contributed by atoms with van der Waals surface area (Å²) in [7, 11) is 0. The van der Waals surface area contributed by atoms with Crippen molar-refractivity contribution in [1.82, 2.24) is 4.98 Å². The van der Waals surface area contributed by atoms with E-state index >= 15 is 0 Å². The summed E-state index contributed by atoms with van der Waals surface area (Å²) in [6, 6.07) is 8.60. The van der Waals surface area contributed by atoms with E-state index in [1.807, 2.05) is 18.2 Å². The number of benzene rings is 1. The first kappa shape index (κ1) is 13.6. The maximum absolute atomic E-state index is 6.03. The fraction of sp³-hybridized carbons (Fsp3) is 0.357. The van der Waals surface area contributed by atoms with E-state index in [1.165, 1.54) is 0 Å². The summed E-state index contributed by atoms with van der Waals surface area (Å²) in [5.41, 5.74) is 1.94. The second kappa shape index (κ2) is 5.94. The lowest BCUT2D eigenvalue weighted by Crippen LogP contribution is -2.46. The maximum atomic E-state index is 6.03. The van der Waals surface area contributed by atoms with Gasteiger partial charge in [-0.1, -0.05) is 17.7 Å². The number of halogens is 2. The van der Waals surface area contributed by atoms with Crippen molar-refractivity contribution in [1.29, 1.82) is 0 Å². The van der Waals surface area contributed by atoms with Crippen LogP contribution in [0.25, 0.3) is 0 Å². The van der Waals surface area contributed by atoms with E-state index in [1.54, 1.807) is 6.26 Å². The molecule has 0 N–H and O–H groups in total. The number of alkyl halides is 1. The van der Waals surface area contributed by atoms with Crippen LogP contribution < -0.4 is 9.80 Å². The lowest BCUT2D eigenvalue weighted by Gasteiger charge is -2.35. The highest BCUT2D eigenvalue weighted by Crippen LogP contribution is 2.23. The molecule has 1 fully saturated rings. The molecule has 2 heterocycles. The van der Waals surface area contributed by atoms with E-state index in [-0.39, 0.29) is 0 Å². The van der Waals surface area contributed by atoms with Gasteiger partial charge in [0.05, 0.1) is 11.6 Å². The first-order valence-corrected chi connectivity index (χ1v) is 7.43. The van der Waals surface area contributed by atoms with Crippen molar-refractivity contribution in [3.63, 3.8) is 0 Å². The molecule has 0 spiro atoms. The molecule has 0 bridgehead atoms. The van der Waals surface area contributed by atoms with Crippen molar-refractivity contribution >= 4 is 34.9 Å². The minimum absolute atomic E-state index is 0.381. The fourth-order valence-electron chi connectivity index (χ4n) is 2.33. The van der Waals surface area contributed by atoms with Crippen LogP contribution in [0.5, 0.6) is 0 Å². The normalized spacial score (nSPS) is 15.7. The topological polar surface area (TPSA) is 32.5 Å². The van der Waals surface area contributed by atoms with Crippen LogP contribution >= 0.6 is 23.2 Å². The summed E-state index contributed by atoms with van der Waals surface area (Å²) < 4.78 is 5.45. The Balaban J connectivity index is 1.64. The van der Waals surface area contributed by atoms with Crippen molar-refractivity contribution in [2.75, 3.05) is 36.0 Å². The van der Waals surface area contributed by atoms with Crippen LogP contribution in [0.15, 0.2) is 34.9 Å². The Kier molecular flexibility index (Phi) is 4.03. The van der Waals surface area contributed by atoms with E-state index in [4.69, 9.17) is 27.6 Å². The van der Waals surface area contributed by atoms with E-state index in [9.17, 15) is 0 Å². The van der Waals surface area contributed by atoms with Crippen molar-refractivity contribution in [2.24, 2.45) is 0 Å². The molecule has 1 aromatic carbocycles. The molecule has 20 heavy (non-hydrogen) atoms. The van der Waals surface area contributed by atoms with Gasteiger partial charge in [-0.15, -0.1) is 11.6 Å². The number of oxazole rings is 1. The van der Waals surface area contributed by atoms with E-state index in [2.05, 4.69) is 20.9 Å². The summed E-state index contributed by atoms with van der Waals surface area (Å²) in [6.07, 6.45) is 1.62. The van der Waals surface area contributed by atoms with Gasteiger partial charge in [-0.3, -0.25) is 0 Å². The molecular formula is C14H15Cl2N3O. The number of piperazine rings is 1. The van der Waals surface area contributed by atoms with Gasteiger partial charge in [0.2, 0.25) is 0 Å². The molecule has 3 rings (SSSR count). The molecule has 0 aliphatic carbocycles. The van der Waals surface area contributed by atoms with Gasteiger partial charge in [-0.05, 0) is 18.2 Å². The Morgan fingerprint density at radius 2 is 1.90 bits per heavy atom. The van der Waals surface area contributed by atoms with Gasteiger partial charge in [-0.2, -0.15) is 4.98 Å². The fourth-order valence-corrected chi connectivity index (χ4v) is 2.64. The van der Waals surface area contributed by atoms with Crippen LogP contribution in [-0.2, 0) is 5.88 Å². The summed E-state index contributed by atoms with van der Waals surface area (Å²) >= 11 is 11.8. The molecule has 0 radical (unpaired) electrons. The number of anilines is 2. The average molecular weight is 312 g/mol. The third-order valence-corrected chi connectivity index (χ3v) is 3.91. The van der Waals surface area contributed by atoms with Crippen molar-refractivity contribution < 1.29 is 4.42 Å². The molecule has 1 aromatic heterocycles. The van der Waals surface area contributed by atoms with Crippen LogP contribution in [0.4, 0.5) is 11.7 Å². The van der Waals surface area contributed by atoms with Gasteiger partial charge in [0.25, 0.3) is 6.01 Å². The lowest BCUT2D eigenvalue weighted by atomic mass is 10.2. The predicted molar refractivity (Wildman–Crippen MR) is 81.9 cm³/mol. The molecule has 4 nitrogen and oxygen atoms in total. The molecular weight excluding hydrogens is 297 g/mol. The number of hydrogen-bond donors (Lipinski definition) is 0. The zero-order valence-corrected chi connectivity index (χ0v) is 12.4. The second-order valence-corrected chi connectivity index (χ2v) is 5.41. The summed E-state index contributed by atoms with van der Waals surface area (Å²) in [5.74, 6) is 0.381. The number of rotatable bonds is 3. The largest absolute Gasteiger partial charge is 0.432 e. The molecule has 1 saturated heterocycles. The van der Waals surface area contributed by atoms with Crippen molar-refractivity contribution in [2.45, 2.75) is 5.88 Å². The Morgan fingerprint density at radius 3 is 2.55 bits per heavy atom. The minimum Gasteiger partial charge on any atom is -0.432 e. The molecule has 6 heteroatoms. The van der Waals surface area contributed by atoms with Gasteiger partial charge in [-0.25, -0.2) is 0 Å². The standard InChI is InChI=1S/C14H15Cl2N3O/c15-9-12-10-20-14(17-12)19-6-4-18(5-7-19)13-3-1-2-11(16)8-13/h1-3,8,10H,4-7,9H2. The zero-order valence-electron chi connectivity index (χ0n) is 10.9. The van der Waals surface area contributed by atoms with Gasteiger partial charge in [0.1, 0.15) is 6.26 Å². The Labute approximate surface area is 127 Å². The number of aromatic nitrogens is 1. The number of hydrogen-bond acceptors (Lipinski definition) is 4. The summed E-state index contributed by atoms with van der Waals surface area (Å²) in [4.78, 5) is 8.80. The highest BCUT2D eigenvalue weighted by atomic mass is 35.5. The minimum atomic E-state index is 0.381. The van der Waals surface area contributed by atoms with Gasteiger partial charge >= 0.3 is 0 Å².